The molecule has 1 aromatic rings. The van der Waals surface area contributed by atoms with Gasteiger partial charge in [0.25, 0.3) is 0 Å². The lowest BCUT2D eigenvalue weighted by Crippen LogP contribution is -2.43. The molecule has 2 heterocycles. The van der Waals surface area contributed by atoms with E-state index in [1.54, 1.807) is 16.2 Å². The van der Waals surface area contributed by atoms with Gasteiger partial charge in [-0.25, -0.2) is 4.98 Å². The molecular weight excluding hydrogens is 288 g/mol. The average Bonchev–Trinajstić information content (AvgIpc) is 2.87. The van der Waals surface area contributed by atoms with Crippen molar-refractivity contribution in [3.8, 4) is 0 Å². The molecule has 5 nitrogen and oxygen atoms in total. The first-order valence-corrected chi connectivity index (χ1v) is 8.11. The minimum absolute atomic E-state index is 0.00844. The third kappa shape index (κ3) is 4.03. The number of carboxylic acids is 1. The molecule has 0 aliphatic carbocycles. The molecule has 1 fully saturated rings. The van der Waals surface area contributed by atoms with Crippen molar-refractivity contribution in [3.05, 3.63) is 16.1 Å². The van der Waals surface area contributed by atoms with Gasteiger partial charge in [-0.15, -0.1) is 11.3 Å². The molecule has 0 bridgehead atoms. The van der Waals surface area contributed by atoms with Gasteiger partial charge >= 0.3 is 5.97 Å². The molecule has 1 unspecified atom stereocenters. The van der Waals surface area contributed by atoms with Gasteiger partial charge in [-0.2, -0.15) is 0 Å². The predicted octanol–water partition coefficient (Wildman–Crippen LogP) is 2.31. The number of carbonyl (C=O) groups is 2. The standard InChI is InChI=1S/C15H22N2O3S/c1-15(2,3)14-16-11(9-21-14)7-12(18)17-6-4-5-10(8-17)13(19)20/h9-10H,4-8H2,1-3H3,(H,19,20). The minimum atomic E-state index is -0.809. The first-order chi connectivity index (χ1) is 9.77. The molecule has 2 rings (SSSR count). The second-order valence-electron chi connectivity index (χ2n) is 6.59. The fraction of sp³-hybridized carbons (Fsp3) is 0.667. The van der Waals surface area contributed by atoms with Crippen LogP contribution in [0.15, 0.2) is 5.38 Å². The number of aromatic nitrogens is 1. The molecule has 1 aliphatic heterocycles. The van der Waals surface area contributed by atoms with E-state index in [9.17, 15) is 9.59 Å². The molecule has 1 aromatic heterocycles. The van der Waals surface area contributed by atoms with Gasteiger partial charge in [-0.1, -0.05) is 20.8 Å². The molecule has 21 heavy (non-hydrogen) atoms. The smallest absolute Gasteiger partial charge is 0.308 e. The summed E-state index contributed by atoms with van der Waals surface area (Å²) in [5, 5.41) is 12.0. The van der Waals surface area contributed by atoms with Crippen LogP contribution in [0, 0.1) is 5.92 Å². The maximum Gasteiger partial charge on any atom is 0.308 e. The van der Waals surface area contributed by atoms with E-state index < -0.39 is 11.9 Å². The Morgan fingerprint density at radius 1 is 1.48 bits per heavy atom. The molecule has 6 heteroatoms. The summed E-state index contributed by atoms with van der Waals surface area (Å²) in [5.74, 6) is -1.26. The zero-order chi connectivity index (χ0) is 15.6. The summed E-state index contributed by atoms with van der Waals surface area (Å²) in [7, 11) is 0. The Balaban J connectivity index is 1.98. The lowest BCUT2D eigenvalue weighted by atomic mass is 9.98. The van der Waals surface area contributed by atoms with Crippen LogP contribution >= 0.6 is 11.3 Å². The van der Waals surface area contributed by atoms with Crippen LogP contribution < -0.4 is 0 Å². The van der Waals surface area contributed by atoms with Gasteiger partial charge in [0.15, 0.2) is 0 Å². The van der Waals surface area contributed by atoms with Crippen LogP contribution in [0.2, 0.25) is 0 Å². The molecular formula is C15H22N2O3S. The second-order valence-corrected chi connectivity index (χ2v) is 7.45. The third-order valence-electron chi connectivity index (χ3n) is 3.65. The van der Waals surface area contributed by atoms with Gasteiger partial charge in [0.1, 0.15) is 0 Å². The van der Waals surface area contributed by atoms with Gasteiger partial charge in [-0.05, 0) is 12.8 Å². The number of hydrogen-bond donors (Lipinski definition) is 1. The number of likely N-dealkylation sites (tertiary alicyclic amines) is 1. The molecule has 116 valence electrons. The summed E-state index contributed by atoms with van der Waals surface area (Å²) in [5.41, 5.74) is 0.776. The van der Waals surface area contributed by atoms with Crippen LogP contribution in [0.25, 0.3) is 0 Å². The van der Waals surface area contributed by atoms with E-state index in [0.717, 1.165) is 17.1 Å². The fourth-order valence-electron chi connectivity index (χ4n) is 2.40. The van der Waals surface area contributed by atoms with Crippen LogP contribution in [-0.2, 0) is 21.4 Å². The first kappa shape index (κ1) is 15.9. The minimum Gasteiger partial charge on any atom is -0.481 e. The van der Waals surface area contributed by atoms with Crippen molar-refractivity contribution in [1.82, 2.24) is 9.88 Å². The SMILES string of the molecule is CC(C)(C)c1nc(CC(=O)N2CCCC(C(=O)O)C2)cs1. The Morgan fingerprint density at radius 2 is 2.19 bits per heavy atom. The molecule has 0 spiro atoms. The van der Waals surface area contributed by atoms with Crippen LogP contribution in [0.4, 0.5) is 0 Å². The number of aliphatic carboxylic acids is 1. The van der Waals surface area contributed by atoms with Gasteiger partial charge in [0.2, 0.25) is 5.91 Å². The van der Waals surface area contributed by atoms with Crippen molar-refractivity contribution in [2.45, 2.75) is 45.4 Å². The van der Waals surface area contributed by atoms with Gasteiger partial charge in [0.05, 0.1) is 23.0 Å². The largest absolute Gasteiger partial charge is 0.481 e. The first-order valence-electron chi connectivity index (χ1n) is 7.23. The van der Waals surface area contributed by atoms with E-state index in [1.165, 1.54) is 0 Å². The van der Waals surface area contributed by atoms with Crippen LogP contribution in [-0.4, -0.2) is 40.0 Å². The monoisotopic (exact) mass is 310 g/mol. The highest BCUT2D eigenvalue weighted by molar-refractivity contribution is 7.09. The Morgan fingerprint density at radius 3 is 2.76 bits per heavy atom. The van der Waals surface area contributed by atoms with E-state index in [2.05, 4.69) is 25.8 Å². The number of nitrogens with zero attached hydrogens (tertiary/aromatic N) is 2. The predicted molar refractivity (Wildman–Crippen MR) is 81.5 cm³/mol. The van der Waals surface area contributed by atoms with Crippen molar-refractivity contribution in [2.24, 2.45) is 5.92 Å². The van der Waals surface area contributed by atoms with Crippen molar-refractivity contribution < 1.29 is 14.7 Å². The van der Waals surface area contributed by atoms with Crippen molar-refractivity contribution in [1.29, 1.82) is 0 Å². The topological polar surface area (TPSA) is 70.5 Å². The zero-order valence-corrected chi connectivity index (χ0v) is 13.6. The van der Waals surface area contributed by atoms with Gasteiger partial charge < -0.3 is 10.0 Å². The van der Waals surface area contributed by atoms with Crippen LogP contribution in [0.1, 0.15) is 44.3 Å². The number of piperidine rings is 1. The third-order valence-corrected chi connectivity index (χ3v) is 4.97. The van der Waals surface area contributed by atoms with Crippen molar-refractivity contribution >= 4 is 23.2 Å². The Labute approximate surface area is 129 Å². The van der Waals surface area contributed by atoms with Crippen molar-refractivity contribution in [2.75, 3.05) is 13.1 Å². The van der Waals surface area contributed by atoms with Crippen molar-refractivity contribution in [3.63, 3.8) is 0 Å². The number of carbonyl (C=O) groups excluding carboxylic acids is 1. The number of rotatable bonds is 3. The molecule has 1 saturated heterocycles. The van der Waals surface area contributed by atoms with E-state index >= 15 is 0 Å². The van der Waals surface area contributed by atoms with Gasteiger partial charge in [-0.3, -0.25) is 9.59 Å². The summed E-state index contributed by atoms with van der Waals surface area (Å²) in [6, 6.07) is 0. The number of carboxylic acid groups (broad SMARTS) is 1. The maximum absolute atomic E-state index is 12.3. The molecule has 1 aliphatic rings. The molecule has 0 radical (unpaired) electrons. The maximum atomic E-state index is 12.3. The summed E-state index contributed by atoms with van der Waals surface area (Å²) < 4.78 is 0. The molecule has 1 N–H and O–H groups in total. The zero-order valence-electron chi connectivity index (χ0n) is 12.8. The van der Waals surface area contributed by atoms with E-state index in [1.807, 2.05) is 5.38 Å². The lowest BCUT2D eigenvalue weighted by Gasteiger charge is -2.30. The Bertz CT molecular complexity index is 533. The lowest BCUT2D eigenvalue weighted by molar-refractivity contribution is -0.145. The highest BCUT2D eigenvalue weighted by atomic mass is 32.1. The normalized spacial score (nSPS) is 19.6. The summed E-state index contributed by atoms with van der Waals surface area (Å²) in [6.45, 7) is 7.27. The molecule has 1 atom stereocenters. The highest BCUT2D eigenvalue weighted by Gasteiger charge is 2.28. The Hall–Kier alpha value is -1.43. The summed E-state index contributed by atoms with van der Waals surface area (Å²) >= 11 is 1.57. The molecule has 0 aromatic carbocycles. The number of hydrogen-bond acceptors (Lipinski definition) is 4. The van der Waals surface area contributed by atoms with Gasteiger partial charge in [0, 0.05) is 23.9 Å². The number of thiazole rings is 1. The second kappa shape index (κ2) is 6.13. The number of amides is 1. The van der Waals surface area contributed by atoms with Crippen LogP contribution in [0.5, 0.6) is 0 Å². The van der Waals surface area contributed by atoms with E-state index in [-0.39, 0.29) is 17.7 Å². The average molecular weight is 310 g/mol. The molecule has 1 amide bonds. The summed E-state index contributed by atoms with van der Waals surface area (Å²) in [6.07, 6.45) is 1.68. The summed E-state index contributed by atoms with van der Waals surface area (Å²) in [4.78, 5) is 29.5. The molecule has 0 saturated carbocycles. The Kier molecular flexibility index (Phi) is 4.66. The van der Waals surface area contributed by atoms with E-state index in [4.69, 9.17) is 5.11 Å². The van der Waals surface area contributed by atoms with Crippen LogP contribution in [0.3, 0.4) is 0 Å². The highest BCUT2D eigenvalue weighted by Crippen LogP contribution is 2.26. The quantitative estimate of drug-likeness (QED) is 0.930. The van der Waals surface area contributed by atoms with E-state index in [0.29, 0.717) is 19.5 Å². The fourth-order valence-corrected chi connectivity index (χ4v) is 3.31.